The van der Waals surface area contributed by atoms with Crippen molar-refractivity contribution < 1.29 is 28.8 Å². The lowest BCUT2D eigenvalue weighted by Crippen LogP contribution is -2.59. The molecular formula is C14H26O6. The molecule has 0 amide bonds. The Bertz CT molecular complexity index is 312. The zero-order chi connectivity index (χ0) is 14.9. The highest BCUT2D eigenvalue weighted by molar-refractivity contribution is 4.86. The zero-order valence-electron chi connectivity index (χ0n) is 12.8. The van der Waals surface area contributed by atoms with Gasteiger partial charge in [-0.25, -0.2) is 0 Å². The van der Waals surface area contributed by atoms with Crippen LogP contribution in [0, 0.1) is 5.41 Å². The van der Waals surface area contributed by atoms with Crippen LogP contribution in [0.25, 0.3) is 0 Å². The molecular weight excluding hydrogens is 264 g/mol. The van der Waals surface area contributed by atoms with Gasteiger partial charge in [0.15, 0.2) is 0 Å². The summed E-state index contributed by atoms with van der Waals surface area (Å²) in [6, 6.07) is 0. The normalized spacial score (nSPS) is 42.3. The predicted octanol–water partition coefficient (Wildman–Crippen LogP) is 1.61. The number of rotatable bonds is 4. The van der Waals surface area contributed by atoms with Crippen LogP contribution in [0.3, 0.4) is 0 Å². The molecule has 1 N–H and O–H groups in total. The molecule has 0 saturated carbocycles. The minimum atomic E-state index is -1.47. The summed E-state index contributed by atoms with van der Waals surface area (Å²) in [4.78, 5) is 0. The number of hydrogen-bond donors (Lipinski definition) is 1. The van der Waals surface area contributed by atoms with Crippen LogP contribution in [0.5, 0.6) is 0 Å². The molecule has 2 saturated heterocycles. The summed E-state index contributed by atoms with van der Waals surface area (Å²) in [5.41, 5.74) is -0.375. The molecule has 0 aromatic heterocycles. The number of ether oxygens (including phenoxy) is 5. The van der Waals surface area contributed by atoms with E-state index in [-0.39, 0.29) is 11.5 Å². The van der Waals surface area contributed by atoms with Crippen molar-refractivity contribution in [3.8, 4) is 0 Å². The van der Waals surface area contributed by atoms with Gasteiger partial charge in [0.2, 0.25) is 0 Å². The summed E-state index contributed by atoms with van der Waals surface area (Å²) >= 11 is 0. The minimum Gasteiger partial charge on any atom is -0.343 e. The van der Waals surface area contributed by atoms with Gasteiger partial charge < -0.3 is 28.8 Å². The van der Waals surface area contributed by atoms with Gasteiger partial charge in [-0.1, -0.05) is 13.8 Å². The van der Waals surface area contributed by atoms with Crippen LogP contribution in [0.4, 0.5) is 0 Å². The first-order valence-electron chi connectivity index (χ1n) is 7.32. The van der Waals surface area contributed by atoms with Gasteiger partial charge in [0, 0.05) is 12.8 Å². The average Bonchev–Trinajstić information content (AvgIpc) is 2.45. The lowest BCUT2D eigenvalue weighted by Gasteiger charge is -2.49. The summed E-state index contributed by atoms with van der Waals surface area (Å²) in [7, 11) is 0. The van der Waals surface area contributed by atoms with Crippen LogP contribution < -0.4 is 0 Å². The Morgan fingerprint density at radius 2 is 1.45 bits per heavy atom. The molecule has 118 valence electrons. The van der Waals surface area contributed by atoms with E-state index >= 15 is 0 Å². The Labute approximate surface area is 120 Å². The van der Waals surface area contributed by atoms with Crippen molar-refractivity contribution >= 4 is 0 Å². The first-order valence-corrected chi connectivity index (χ1v) is 7.32. The predicted molar refractivity (Wildman–Crippen MR) is 70.7 cm³/mol. The molecule has 0 aromatic rings. The third kappa shape index (κ3) is 3.32. The monoisotopic (exact) mass is 290 g/mol. The summed E-state index contributed by atoms with van der Waals surface area (Å²) in [6.07, 6.45) is 1.02. The van der Waals surface area contributed by atoms with E-state index in [1.54, 1.807) is 0 Å². The van der Waals surface area contributed by atoms with Crippen LogP contribution in [0.1, 0.15) is 40.5 Å². The van der Waals surface area contributed by atoms with Crippen LogP contribution in [0.15, 0.2) is 0 Å². The summed E-state index contributed by atoms with van der Waals surface area (Å²) in [6.45, 7) is 9.21. The molecule has 2 aliphatic rings. The fourth-order valence-corrected chi connectivity index (χ4v) is 2.31. The van der Waals surface area contributed by atoms with E-state index < -0.39 is 11.9 Å². The largest absolute Gasteiger partial charge is 0.343 e. The highest BCUT2D eigenvalue weighted by Gasteiger charge is 2.50. The van der Waals surface area contributed by atoms with Gasteiger partial charge >= 0.3 is 0 Å². The molecule has 0 radical (unpaired) electrons. The van der Waals surface area contributed by atoms with Crippen molar-refractivity contribution in [1.82, 2.24) is 0 Å². The topological polar surface area (TPSA) is 66.4 Å². The molecule has 2 rings (SSSR count). The summed E-state index contributed by atoms with van der Waals surface area (Å²) in [5.74, 6) is -2.45. The fourth-order valence-electron chi connectivity index (χ4n) is 2.31. The lowest BCUT2D eigenvalue weighted by atomic mass is 9.90. The standard InChI is InChI=1S/C14H26O6/c1-5-13(15)16-7-12(8-17-13)9-18-14(6-2,19-10-12)20-11(3)4/h11,15H,5-10H2,1-4H3. The summed E-state index contributed by atoms with van der Waals surface area (Å²) in [5, 5.41) is 9.91. The summed E-state index contributed by atoms with van der Waals surface area (Å²) < 4.78 is 28.3. The van der Waals surface area contributed by atoms with E-state index in [1.165, 1.54) is 0 Å². The molecule has 6 nitrogen and oxygen atoms in total. The molecule has 0 aromatic carbocycles. The van der Waals surface area contributed by atoms with Crippen molar-refractivity contribution in [1.29, 1.82) is 0 Å². The maximum atomic E-state index is 9.91. The second-order valence-corrected chi connectivity index (χ2v) is 5.92. The van der Waals surface area contributed by atoms with E-state index in [4.69, 9.17) is 23.7 Å². The fraction of sp³-hybridized carbons (Fsp3) is 1.00. The van der Waals surface area contributed by atoms with Crippen LogP contribution in [-0.2, 0) is 23.7 Å². The van der Waals surface area contributed by atoms with Gasteiger partial charge in [0.1, 0.15) is 0 Å². The van der Waals surface area contributed by atoms with E-state index in [2.05, 4.69) is 0 Å². The third-order valence-electron chi connectivity index (χ3n) is 3.70. The van der Waals surface area contributed by atoms with E-state index in [1.807, 2.05) is 27.7 Å². The van der Waals surface area contributed by atoms with Crippen molar-refractivity contribution in [2.45, 2.75) is 58.6 Å². The first-order chi connectivity index (χ1) is 9.37. The zero-order valence-corrected chi connectivity index (χ0v) is 12.8. The Hall–Kier alpha value is -0.240. The average molecular weight is 290 g/mol. The van der Waals surface area contributed by atoms with Crippen LogP contribution >= 0.6 is 0 Å². The van der Waals surface area contributed by atoms with Gasteiger partial charge in [-0.15, -0.1) is 0 Å². The third-order valence-corrected chi connectivity index (χ3v) is 3.70. The van der Waals surface area contributed by atoms with Crippen LogP contribution in [-0.4, -0.2) is 49.6 Å². The maximum Gasteiger partial charge on any atom is 0.282 e. The molecule has 6 heteroatoms. The molecule has 0 unspecified atom stereocenters. The SMILES string of the molecule is CCC1(O)OCC2(CO1)COC(CC)(OC(C)C)OC2. The Morgan fingerprint density at radius 3 is 1.85 bits per heavy atom. The molecule has 1 spiro atoms. The van der Waals surface area contributed by atoms with Gasteiger partial charge in [-0.05, 0) is 13.8 Å². The highest BCUT2D eigenvalue weighted by Crippen LogP contribution is 2.38. The van der Waals surface area contributed by atoms with E-state index in [0.29, 0.717) is 39.3 Å². The highest BCUT2D eigenvalue weighted by atomic mass is 16.9. The lowest BCUT2D eigenvalue weighted by molar-refractivity contribution is -0.463. The van der Waals surface area contributed by atoms with Crippen molar-refractivity contribution in [2.75, 3.05) is 26.4 Å². The second-order valence-electron chi connectivity index (χ2n) is 5.92. The van der Waals surface area contributed by atoms with Gasteiger partial charge in [-0.2, -0.15) is 0 Å². The molecule has 2 fully saturated rings. The molecule has 0 aliphatic carbocycles. The smallest absolute Gasteiger partial charge is 0.282 e. The minimum absolute atomic E-state index is 0.0213. The van der Waals surface area contributed by atoms with Gasteiger partial charge in [0.05, 0.1) is 37.9 Å². The van der Waals surface area contributed by atoms with Gasteiger partial charge in [-0.3, -0.25) is 0 Å². The quantitative estimate of drug-likeness (QED) is 0.848. The Balaban J connectivity index is 1.94. The van der Waals surface area contributed by atoms with Crippen molar-refractivity contribution in [2.24, 2.45) is 5.41 Å². The molecule has 20 heavy (non-hydrogen) atoms. The number of aliphatic hydroxyl groups is 1. The number of hydrogen-bond acceptors (Lipinski definition) is 6. The van der Waals surface area contributed by atoms with Crippen LogP contribution in [0.2, 0.25) is 0 Å². The first kappa shape index (κ1) is 16.1. The Morgan fingerprint density at radius 1 is 0.950 bits per heavy atom. The maximum absolute atomic E-state index is 9.91. The van der Waals surface area contributed by atoms with E-state index in [0.717, 1.165) is 0 Å². The van der Waals surface area contributed by atoms with Crippen molar-refractivity contribution in [3.05, 3.63) is 0 Å². The molecule has 0 bridgehead atoms. The molecule has 2 heterocycles. The van der Waals surface area contributed by atoms with Gasteiger partial charge in [0.25, 0.3) is 11.9 Å². The molecule has 0 atom stereocenters. The van der Waals surface area contributed by atoms with Crippen molar-refractivity contribution in [3.63, 3.8) is 0 Å². The van der Waals surface area contributed by atoms with E-state index in [9.17, 15) is 5.11 Å². The Kier molecular flexibility index (Phi) is 4.73. The molecule has 2 aliphatic heterocycles. The second kappa shape index (κ2) is 5.87.